The fourth-order valence-electron chi connectivity index (χ4n) is 2.54. The summed E-state index contributed by atoms with van der Waals surface area (Å²) in [4.78, 5) is 23.8. The Morgan fingerprint density at radius 2 is 2.16 bits per heavy atom. The van der Waals surface area contributed by atoms with Crippen LogP contribution in [0.1, 0.15) is 32.6 Å². The minimum absolute atomic E-state index is 0.142. The fourth-order valence-corrected chi connectivity index (χ4v) is 2.54. The second kappa shape index (κ2) is 5.42. The number of primary amides is 1. The van der Waals surface area contributed by atoms with E-state index in [4.69, 9.17) is 5.73 Å². The first kappa shape index (κ1) is 13.6. The highest BCUT2D eigenvalue weighted by molar-refractivity contribution is 5.91. The Bertz CT molecular complexity index is 449. The third kappa shape index (κ3) is 2.94. The van der Waals surface area contributed by atoms with Gasteiger partial charge in [0.25, 0.3) is 0 Å². The molecule has 1 aromatic rings. The number of nitrogens with two attached hydrogens (primary N) is 1. The van der Waals surface area contributed by atoms with Crippen molar-refractivity contribution in [1.82, 2.24) is 15.1 Å². The first-order valence-corrected chi connectivity index (χ1v) is 6.63. The van der Waals surface area contributed by atoms with Gasteiger partial charge in [-0.05, 0) is 18.9 Å². The molecule has 0 radical (unpaired) electrons. The summed E-state index contributed by atoms with van der Waals surface area (Å²) in [5, 5.41) is 6.92. The Kier molecular flexibility index (Phi) is 3.87. The summed E-state index contributed by atoms with van der Waals surface area (Å²) >= 11 is 0. The summed E-state index contributed by atoms with van der Waals surface area (Å²) in [6.07, 6.45) is 6.62. The average molecular weight is 264 g/mol. The third-order valence-electron chi connectivity index (χ3n) is 3.76. The van der Waals surface area contributed by atoms with Gasteiger partial charge in [-0.3, -0.25) is 14.3 Å². The van der Waals surface area contributed by atoms with Crippen LogP contribution in [0.15, 0.2) is 18.5 Å². The number of carbonyl (C=O) groups is 2. The van der Waals surface area contributed by atoms with Gasteiger partial charge in [0.15, 0.2) is 0 Å². The number of hydrogen-bond acceptors (Lipinski definition) is 3. The van der Waals surface area contributed by atoms with E-state index in [1.165, 1.54) is 0 Å². The summed E-state index contributed by atoms with van der Waals surface area (Å²) in [6, 6.07) is 1.81. The molecule has 1 aromatic heterocycles. The number of rotatable bonds is 5. The molecule has 0 unspecified atom stereocenters. The predicted molar refractivity (Wildman–Crippen MR) is 69.9 cm³/mol. The van der Waals surface area contributed by atoms with Crippen molar-refractivity contribution in [3.8, 4) is 0 Å². The molecule has 0 aromatic carbocycles. The van der Waals surface area contributed by atoms with Gasteiger partial charge in [-0.15, -0.1) is 0 Å². The molecule has 6 nitrogen and oxygen atoms in total. The van der Waals surface area contributed by atoms with Crippen molar-refractivity contribution in [2.24, 2.45) is 11.7 Å². The van der Waals surface area contributed by atoms with Gasteiger partial charge < -0.3 is 11.1 Å². The number of nitrogens with zero attached hydrogens (tertiary/aromatic N) is 2. The molecular weight excluding hydrogens is 244 g/mol. The molecule has 0 spiro atoms. The Balaban J connectivity index is 1.97. The van der Waals surface area contributed by atoms with Crippen LogP contribution in [0, 0.1) is 5.92 Å². The normalized spacial score (nSPS) is 19.0. The van der Waals surface area contributed by atoms with E-state index in [-0.39, 0.29) is 11.8 Å². The quantitative estimate of drug-likeness (QED) is 0.808. The first-order chi connectivity index (χ1) is 9.03. The van der Waals surface area contributed by atoms with Gasteiger partial charge in [0.2, 0.25) is 11.8 Å². The minimum atomic E-state index is -0.838. The number of amides is 2. The topological polar surface area (TPSA) is 90.0 Å². The number of aromatic nitrogens is 2. The van der Waals surface area contributed by atoms with Crippen LogP contribution in [0.3, 0.4) is 0 Å². The summed E-state index contributed by atoms with van der Waals surface area (Å²) in [7, 11) is 0. The fraction of sp³-hybridized carbons (Fsp3) is 0.615. The molecular formula is C13H20N4O2. The lowest BCUT2D eigenvalue weighted by Gasteiger charge is -2.28. The minimum Gasteiger partial charge on any atom is -0.368 e. The monoisotopic (exact) mass is 264 g/mol. The van der Waals surface area contributed by atoms with E-state index in [1.54, 1.807) is 10.9 Å². The molecule has 0 aliphatic heterocycles. The lowest BCUT2D eigenvalue weighted by atomic mass is 9.95. The van der Waals surface area contributed by atoms with Gasteiger partial charge in [-0.25, -0.2) is 0 Å². The van der Waals surface area contributed by atoms with Crippen LogP contribution in [-0.2, 0) is 16.1 Å². The van der Waals surface area contributed by atoms with Gasteiger partial charge >= 0.3 is 0 Å². The maximum absolute atomic E-state index is 12.2. The molecule has 1 saturated carbocycles. The Morgan fingerprint density at radius 1 is 1.47 bits per heavy atom. The van der Waals surface area contributed by atoms with E-state index in [9.17, 15) is 9.59 Å². The van der Waals surface area contributed by atoms with Gasteiger partial charge in [0, 0.05) is 12.4 Å². The Labute approximate surface area is 112 Å². The molecule has 2 rings (SSSR count). The average Bonchev–Trinajstić information content (AvgIpc) is 3.00. The molecule has 19 heavy (non-hydrogen) atoms. The lowest BCUT2D eigenvalue weighted by Crippen LogP contribution is -2.57. The molecule has 6 heteroatoms. The predicted octanol–water partition coefficient (Wildman–Crippen LogP) is 0.433. The smallest absolute Gasteiger partial charge is 0.243 e. The van der Waals surface area contributed by atoms with E-state index in [0.717, 1.165) is 12.8 Å². The first-order valence-electron chi connectivity index (χ1n) is 6.63. The number of carbonyl (C=O) groups excluding carboxylic acids is 2. The molecule has 104 valence electrons. The van der Waals surface area contributed by atoms with Crippen molar-refractivity contribution in [2.75, 3.05) is 0 Å². The van der Waals surface area contributed by atoms with Crippen LogP contribution < -0.4 is 11.1 Å². The summed E-state index contributed by atoms with van der Waals surface area (Å²) in [5.41, 5.74) is 4.61. The summed E-state index contributed by atoms with van der Waals surface area (Å²) in [5.74, 6) is -0.822. The number of nitrogens with one attached hydrogen (secondary N) is 1. The molecule has 0 saturated heterocycles. The van der Waals surface area contributed by atoms with E-state index in [1.807, 2.05) is 19.2 Å². The van der Waals surface area contributed by atoms with Crippen LogP contribution >= 0.6 is 0 Å². The zero-order valence-corrected chi connectivity index (χ0v) is 11.1. The van der Waals surface area contributed by atoms with E-state index in [2.05, 4.69) is 10.4 Å². The van der Waals surface area contributed by atoms with Crippen LogP contribution in [0.2, 0.25) is 0 Å². The van der Waals surface area contributed by atoms with Gasteiger partial charge in [0.05, 0.1) is 12.5 Å². The molecule has 1 atom stereocenters. The molecule has 1 fully saturated rings. The van der Waals surface area contributed by atoms with Crippen molar-refractivity contribution in [2.45, 2.75) is 44.7 Å². The van der Waals surface area contributed by atoms with Crippen molar-refractivity contribution >= 4 is 11.8 Å². The molecule has 3 N–H and O–H groups in total. The highest BCUT2D eigenvalue weighted by Gasteiger charge is 2.41. The van der Waals surface area contributed by atoms with Gasteiger partial charge in [0.1, 0.15) is 5.54 Å². The van der Waals surface area contributed by atoms with E-state index >= 15 is 0 Å². The Morgan fingerprint density at radius 3 is 2.68 bits per heavy atom. The van der Waals surface area contributed by atoms with Gasteiger partial charge in [-0.1, -0.05) is 19.8 Å². The van der Waals surface area contributed by atoms with Gasteiger partial charge in [-0.2, -0.15) is 5.10 Å². The third-order valence-corrected chi connectivity index (χ3v) is 3.76. The summed E-state index contributed by atoms with van der Waals surface area (Å²) in [6.45, 7) is 2.31. The van der Waals surface area contributed by atoms with Crippen LogP contribution in [0.5, 0.6) is 0 Å². The van der Waals surface area contributed by atoms with Crippen molar-refractivity contribution in [3.63, 3.8) is 0 Å². The maximum atomic E-state index is 12.2. The lowest BCUT2D eigenvalue weighted by molar-refractivity contribution is -0.133. The van der Waals surface area contributed by atoms with Crippen molar-refractivity contribution in [3.05, 3.63) is 18.5 Å². The van der Waals surface area contributed by atoms with Crippen LogP contribution in [-0.4, -0.2) is 27.1 Å². The Hall–Kier alpha value is -1.85. The molecule has 1 aliphatic carbocycles. The summed E-state index contributed by atoms with van der Waals surface area (Å²) < 4.78 is 1.70. The highest BCUT2D eigenvalue weighted by Crippen LogP contribution is 2.29. The molecule has 2 amide bonds. The molecule has 1 heterocycles. The SMILES string of the molecule is C[C@@H](Cn1cccn1)C(=O)NC1(C(N)=O)CCCC1. The highest BCUT2D eigenvalue weighted by atomic mass is 16.2. The van der Waals surface area contributed by atoms with E-state index < -0.39 is 11.4 Å². The van der Waals surface area contributed by atoms with E-state index in [0.29, 0.717) is 19.4 Å². The second-order valence-corrected chi connectivity index (χ2v) is 5.27. The zero-order valence-electron chi connectivity index (χ0n) is 11.1. The largest absolute Gasteiger partial charge is 0.368 e. The van der Waals surface area contributed by atoms with Crippen molar-refractivity contribution in [1.29, 1.82) is 0 Å². The second-order valence-electron chi connectivity index (χ2n) is 5.27. The maximum Gasteiger partial charge on any atom is 0.243 e. The standard InChI is InChI=1S/C13H20N4O2/c1-10(9-17-8-4-7-15-17)11(18)16-13(12(14)19)5-2-3-6-13/h4,7-8,10H,2-3,5-6,9H2,1H3,(H2,14,19)(H,16,18)/t10-/m0/s1. The van der Waals surface area contributed by atoms with Crippen LogP contribution in [0.4, 0.5) is 0 Å². The molecule has 1 aliphatic rings. The van der Waals surface area contributed by atoms with Crippen LogP contribution in [0.25, 0.3) is 0 Å². The van der Waals surface area contributed by atoms with Crippen molar-refractivity contribution < 1.29 is 9.59 Å². The zero-order chi connectivity index (χ0) is 13.9. The number of hydrogen-bond donors (Lipinski definition) is 2. The molecule has 0 bridgehead atoms.